The van der Waals surface area contributed by atoms with E-state index in [9.17, 15) is 9.90 Å². The lowest BCUT2D eigenvalue weighted by Crippen LogP contribution is -2.24. The van der Waals surface area contributed by atoms with Gasteiger partial charge in [-0.1, -0.05) is 35.9 Å². The van der Waals surface area contributed by atoms with Gasteiger partial charge in [-0.05, 0) is 49.6 Å². The molecule has 0 aliphatic carbocycles. The third-order valence-electron chi connectivity index (χ3n) is 3.41. The van der Waals surface area contributed by atoms with Crippen LogP contribution in [0.1, 0.15) is 31.9 Å². The third-order valence-corrected chi connectivity index (χ3v) is 3.65. The maximum atomic E-state index is 12.0. The number of aliphatic hydroxyl groups excluding tert-OH is 1. The van der Waals surface area contributed by atoms with E-state index in [0.29, 0.717) is 16.3 Å². The van der Waals surface area contributed by atoms with E-state index in [1.807, 2.05) is 39.0 Å². The number of anilines is 1. The van der Waals surface area contributed by atoms with Crippen LogP contribution in [0, 0.1) is 0 Å². The van der Waals surface area contributed by atoms with Crippen molar-refractivity contribution in [2.24, 2.45) is 0 Å². The lowest BCUT2D eigenvalue weighted by atomic mass is 9.96. The fourth-order valence-corrected chi connectivity index (χ4v) is 2.65. The SMILES string of the molecule is CC(C)(C)OC(=O)Cc1ccc(-c2ccc(Cl)cc2N)c(CO)c1. The zero-order valence-electron chi connectivity index (χ0n) is 14.1. The zero-order chi connectivity index (χ0) is 17.9. The van der Waals surface area contributed by atoms with Crippen molar-refractivity contribution < 1.29 is 14.6 Å². The zero-order valence-corrected chi connectivity index (χ0v) is 14.9. The summed E-state index contributed by atoms with van der Waals surface area (Å²) in [5.74, 6) is -0.301. The molecule has 0 aromatic heterocycles. The van der Waals surface area contributed by atoms with Crippen LogP contribution in [0.4, 0.5) is 5.69 Å². The summed E-state index contributed by atoms with van der Waals surface area (Å²) in [6.45, 7) is 5.34. The minimum absolute atomic E-state index is 0.153. The molecule has 0 radical (unpaired) electrons. The number of hydrogen-bond acceptors (Lipinski definition) is 4. The van der Waals surface area contributed by atoms with Gasteiger partial charge in [-0.25, -0.2) is 0 Å². The van der Waals surface area contributed by atoms with Crippen LogP contribution in [0.5, 0.6) is 0 Å². The number of ether oxygens (including phenoxy) is 1. The minimum atomic E-state index is -0.519. The number of benzene rings is 2. The summed E-state index contributed by atoms with van der Waals surface area (Å²) >= 11 is 5.93. The first-order chi connectivity index (χ1) is 11.2. The monoisotopic (exact) mass is 347 g/mol. The first-order valence-corrected chi connectivity index (χ1v) is 8.07. The average Bonchev–Trinajstić information content (AvgIpc) is 2.45. The van der Waals surface area contributed by atoms with Crippen LogP contribution in [0.15, 0.2) is 36.4 Å². The van der Waals surface area contributed by atoms with Crippen molar-refractivity contribution in [3.05, 3.63) is 52.5 Å². The molecule has 3 N–H and O–H groups in total. The third kappa shape index (κ3) is 4.73. The number of aliphatic hydroxyl groups is 1. The van der Waals surface area contributed by atoms with E-state index in [2.05, 4.69) is 0 Å². The second-order valence-electron chi connectivity index (χ2n) is 6.64. The number of carbonyl (C=O) groups excluding carboxylic acids is 1. The summed E-state index contributed by atoms with van der Waals surface area (Å²) in [4.78, 5) is 12.0. The number of nitrogens with two attached hydrogens (primary N) is 1. The average molecular weight is 348 g/mol. The molecule has 2 aromatic carbocycles. The Morgan fingerprint density at radius 1 is 1.17 bits per heavy atom. The highest BCUT2D eigenvalue weighted by Gasteiger charge is 2.17. The molecular weight excluding hydrogens is 326 g/mol. The highest BCUT2D eigenvalue weighted by molar-refractivity contribution is 6.31. The van der Waals surface area contributed by atoms with Crippen LogP contribution in [0.3, 0.4) is 0 Å². The Balaban J connectivity index is 2.29. The lowest BCUT2D eigenvalue weighted by Gasteiger charge is -2.19. The van der Waals surface area contributed by atoms with Gasteiger partial charge in [0.2, 0.25) is 0 Å². The van der Waals surface area contributed by atoms with E-state index in [1.54, 1.807) is 18.2 Å². The molecule has 0 bridgehead atoms. The number of halogens is 1. The molecule has 0 amide bonds. The van der Waals surface area contributed by atoms with E-state index in [0.717, 1.165) is 16.7 Å². The van der Waals surface area contributed by atoms with E-state index < -0.39 is 5.60 Å². The van der Waals surface area contributed by atoms with Crippen molar-refractivity contribution in [1.29, 1.82) is 0 Å². The molecule has 128 valence electrons. The van der Waals surface area contributed by atoms with Crippen LogP contribution in [0.25, 0.3) is 11.1 Å². The smallest absolute Gasteiger partial charge is 0.310 e. The molecule has 0 spiro atoms. The summed E-state index contributed by atoms with van der Waals surface area (Å²) in [5.41, 5.74) is 9.14. The van der Waals surface area contributed by atoms with Crippen molar-refractivity contribution in [1.82, 2.24) is 0 Å². The quantitative estimate of drug-likeness (QED) is 0.648. The summed E-state index contributed by atoms with van der Waals surface area (Å²) in [7, 11) is 0. The lowest BCUT2D eigenvalue weighted by molar-refractivity contribution is -0.153. The second-order valence-corrected chi connectivity index (χ2v) is 7.08. The van der Waals surface area contributed by atoms with Crippen molar-refractivity contribution in [2.45, 2.75) is 39.4 Å². The fourth-order valence-electron chi connectivity index (χ4n) is 2.47. The summed E-state index contributed by atoms with van der Waals surface area (Å²) in [6, 6.07) is 10.7. The van der Waals surface area contributed by atoms with Gasteiger partial charge >= 0.3 is 5.97 Å². The second kappa shape index (κ2) is 7.24. The topological polar surface area (TPSA) is 72.5 Å². The molecule has 0 atom stereocenters. The molecule has 0 aliphatic rings. The maximum Gasteiger partial charge on any atom is 0.310 e. The highest BCUT2D eigenvalue weighted by atomic mass is 35.5. The Bertz CT molecular complexity index is 751. The van der Waals surface area contributed by atoms with Gasteiger partial charge in [-0.2, -0.15) is 0 Å². The predicted octanol–water partition coefficient (Wildman–Crippen LogP) is 3.97. The molecule has 4 nitrogen and oxygen atoms in total. The Kier molecular flexibility index (Phi) is 5.52. The van der Waals surface area contributed by atoms with Crippen LogP contribution in [0.2, 0.25) is 5.02 Å². The Labute approximate surface area is 147 Å². The Morgan fingerprint density at radius 2 is 1.83 bits per heavy atom. The summed E-state index contributed by atoms with van der Waals surface area (Å²) in [6.07, 6.45) is 0.153. The Hall–Kier alpha value is -2.04. The number of carbonyl (C=O) groups is 1. The molecule has 0 fully saturated rings. The van der Waals surface area contributed by atoms with E-state index >= 15 is 0 Å². The molecule has 24 heavy (non-hydrogen) atoms. The maximum absolute atomic E-state index is 12.0. The molecule has 0 unspecified atom stereocenters. The van der Waals surface area contributed by atoms with Crippen molar-refractivity contribution in [3.63, 3.8) is 0 Å². The van der Waals surface area contributed by atoms with Gasteiger partial charge < -0.3 is 15.6 Å². The van der Waals surface area contributed by atoms with E-state index in [-0.39, 0.29) is 19.0 Å². The van der Waals surface area contributed by atoms with E-state index in [1.165, 1.54) is 0 Å². The van der Waals surface area contributed by atoms with Crippen LogP contribution in [-0.4, -0.2) is 16.7 Å². The molecule has 2 rings (SSSR count). The van der Waals surface area contributed by atoms with Gasteiger partial charge in [-0.3, -0.25) is 4.79 Å². The number of esters is 1. The van der Waals surface area contributed by atoms with Crippen molar-refractivity contribution in [2.75, 3.05) is 5.73 Å². The van der Waals surface area contributed by atoms with Gasteiger partial charge in [-0.15, -0.1) is 0 Å². The number of hydrogen-bond donors (Lipinski definition) is 2. The van der Waals surface area contributed by atoms with Crippen LogP contribution in [-0.2, 0) is 22.6 Å². The molecule has 0 saturated heterocycles. The molecular formula is C19H22ClNO3. The summed E-state index contributed by atoms with van der Waals surface area (Å²) < 4.78 is 5.33. The van der Waals surface area contributed by atoms with Crippen LogP contribution >= 0.6 is 11.6 Å². The van der Waals surface area contributed by atoms with Crippen molar-refractivity contribution in [3.8, 4) is 11.1 Å². The summed E-state index contributed by atoms with van der Waals surface area (Å²) in [5, 5.41) is 10.2. The Morgan fingerprint density at radius 3 is 2.42 bits per heavy atom. The first kappa shape index (κ1) is 18.3. The van der Waals surface area contributed by atoms with Crippen LogP contribution < -0.4 is 5.73 Å². The van der Waals surface area contributed by atoms with Gasteiger partial charge in [0.05, 0.1) is 13.0 Å². The predicted molar refractivity (Wildman–Crippen MR) is 96.8 cm³/mol. The molecule has 0 saturated carbocycles. The fraction of sp³-hybridized carbons (Fsp3) is 0.316. The normalized spacial score (nSPS) is 11.4. The van der Waals surface area contributed by atoms with Gasteiger partial charge in [0, 0.05) is 16.3 Å². The molecule has 0 heterocycles. The first-order valence-electron chi connectivity index (χ1n) is 7.69. The largest absolute Gasteiger partial charge is 0.460 e. The molecule has 2 aromatic rings. The van der Waals surface area contributed by atoms with Gasteiger partial charge in [0.15, 0.2) is 0 Å². The minimum Gasteiger partial charge on any atom is -0.460 e. The van der Waals surface area contributed by atoms with Gasteiger partial charge in [0.25, 0.3) is 0 Å². The van der Waals surface area contributed by atoms with E-state index in [4.69, 9.17) is 22.1 Å². The molecule has 0 aliphatic heterocycles. The number of rotatable bonds is 4. The van der Waals surface area contributed by atoms with Crippen molar-refractivity contribution >= 4 is 23.3 Å². The highest BCUT2D eigenvalue weighted by Crippen LogP contribution is 2.31. The van der Waals surface area contributed by atoms with Gasteiger partial charge in [0.1, 0.15) is 5.60 Å². The number of nitrogen functional groups attached to an aromatic ring is 1. The standard InChI is InChI=1S/C19H22ClNO3/c1-19(2,3)24-18(23)9-12-4-6-15(13(8-12)11-22)16-7-5-14(20)10-17(16)21/h4-8,10,22H,9,11,21H2,1-3H3. The molecule has 5 heteroatoms.